The summed E-state index contributed by atoms with van der Waals surface area (Å²) >= 11 is 11.7. The van der Waals surface area contributed by atoms with Crippen LogP contribution in [0.4, 0.5) is 0 Å². The van der Waals surface area contributed by atoms with Crippen LogP contribution >= 0.6 is 23.8 Å². The number of benzene rings is 1. The highest BCUT2D eigenvalue weighted by Crippen LogP contribution is 2.23. The molecule has 0 unspecified atom stereocenters. The van der Waals surface area contributed by atoms with Crippen LogP contribution < -0.4 is 0 Å². The van der Waals surface area contributed by atoms with E-state index in [-0.39, 0.29) is 0 Å². The van der Waals surface area contributed by atoms with Crippen LogP contribution in [0, 0.1) is 4.77 Å². The minimum atomic E-state index is 0.764. The standard InChI is InChI=1S/C14H18ClN3S/c15-11-5-4-6-12-13(11)18(14(19)16-12)10-9-17-7-2-1-3-8-17/h4-6H,1-3,7-10H2,(H,16,19). The van der Waals surface area contributed by atoms with Crippen molar-refractivity contribution in [1.82, 2.24) is 14.5 Å². The fourth-order valence-corrected chi connectivity index (χ4v) is 3.38. The summed E-state index contributed by atoms with van der Waals surface area (Å²) in [6, 6.07) is 5.89. The molecule has 0 spiro atoms. The van der Waals surface area contributed by atoms with E-state index in [1.165, 1.54) is 32.4 Å². The van der Waals surface area contributed by atoms with E-state index in [1.807, 2.05) is 18.2 Å². The number of aromatic amines is 1. The first-order valence-electron chi connectivity index (χ1n) is 6.85. The Kier molecular flexibility index (Phi) is 3.91. The van der Waals surface area contributed by atoms with E-state index in [0.29, 0.717) is 0 Å². The summed E-state index contributed by atoms with van der Waals surface area (Å²) in [5, 5.41) is 0.767. The predicted octanol–water partition coefficient (Wildman–Crippen LogP) is 3.84. The molecule has 1 aromatic heterocycles. The average molecular weight is 296 g/mol. The van der Waals surface area contributed by atoms with Crippen LogP contribution in [0.15, 0.2) is 18.2 Å². The smallest absolute Gasteiger partial charge is 0.178 e. The van der Waals surface area contributed by atoms with Gasteiger partial charge in [-0.2, -0.15) is 0 Å². The maximum atomic E-state index is 6.30. The molecule has 102 valence electrons. The number of rotatable bonds is 3. The van der Waals surface area contributed by atoms with Crippen LogP contribution in [0.1, 0.15) is 19.3 Å². The number of nitrogens with one attached hydrogen (secondary N) is 1. The zero-order valence-corrected chi connectivity index (χ0v) is 12.4. The molecule has 1 saturated heterocycles. The quantitative estimate of drug-likeness (QED) is 0.870. The van der Waals surface area contributed by atoms with Gasteiger partial charge in [-0.15, -0.1) is 0 Å². The predicted molar refractivity (Wildman–Crippen MR) is 82.4 cm³/mol. The Morgan fingerprint density at radius 1 is 1.16 bits per heavy atom. The molecule has 0 aliphatic carbocycles. The van der Waals surface area contributed by atoms with E-state index in [1.54, 1.807) is 0 Å². The Labute approximate surface area is 123 Å². The molecule has 2 heterocycles. The Balaban J connectivity index is 1.84. The van der Waals surface area contributed by atoms with Gasteiger partial charge < -0.3 is 14.5 Å². The molecule has 5 heteroatoms. The molecule has 19 heavy (non-hydrogen) atoms. The summed E-state index contributed by atoms with van der Waals surface area (Å²) in [5.74, 6) is 0. The molecule has 0 amide bonds. The van der Waals surface area contributed by atoms with Crippen molar-refractivity contribution in [3.05, 3.63) is 28.0 Å². The van der Waals surface area contributed by atoms with Crippen LogP contribution in [-0.4, -0.2) is 34.1 Å². The van der Waals surface area contributed by atoms with Crippen molar-refractivity contribution in [2.24, 2.45) is 0 Å². The number of halogens is 1. The van der Waals surface area contributed by atoms with Gasteiger partial charge in [-0.1, -0.05) is 24.1 Å². The highest BCUT2D eigenvalue weighted by molar-refractivity contribution is 7.71. The first kappa shape index (κ1) is 13.2. The molecule has 1 aliphatic rings. The number of hydrogen-bond acceptors (Lipinski definition) is 2. The Morgan fingerprint density at radius 2 is 1.95 bits per heavy atom. The van der Waals surface area contributed by atoms with Gasteiger partial charge in [0.2, 0.25) is 0 Å². The Hall–Kier alpha value is -0.840. The molecule has 1 aliphatic heterocycles. The van der Waals surface area contributed by atoms with Crippen LogP contribution in [0.25, 0.3) is 11.0 Å². The third kappa shape index (κ3) is 2.71. The average Bonchev–Trinajstić information content (AvgIpc) is 2.75. The summed E-state index contributed by atoms with van der Waals surface area (Å²) in [4.78, 5) is 5.75. The van der Waals surface area contributed by atoms with Crippen LogP contribution in [-0.2, 0) is 6.54 Å². The minimum Gasteiger partial charge on any atom is -0.331 e. The SMILES string of the molecule is S=c1[nH]c2cccc(Cl)c2n1CCN1CCCCC1. The van der Waals surface area contributed by atoms with Gasteiger partial charge in [-0.25, -0.2) is 0 Å². The minimum absolute atomic E-state index is 0.764. The van der Waals surface area contributed by atoms with Gasteiger partial charge in [-0.3, -0.25) is 0 Å². The third-order valence-electron chi connectivity index (χ3n) is 3.83. The highest BCUT2D eigenvalue weighted by atomic mass is 35.5. The second-order valence-electron chi connectivity index (χ2n) is 5.12. The van der Waals surface area contributed by atoms with Crippen molar-refractivity contribution >= 4 is 34.9 Å². The van der Waals surface area contributed by atoms with Gasteiger partial charge in [0.05, 0.1) is 16.1 Å². The first-order valence-corrected chi connectivity index (χ1v) is 7.64. The normalized spacial score (nSPS) is 17.1. The summed E-state index contributed by atoms with van der Waals surface area (Å²) in [6.45, 7) is 4.38. The molecule has 3 rings (SSSR count). The number of imidazole rings is 1. The largest absolute Gasteiger partial charge is 0.331 e. The highest BCUT2D eigenvalue weighted by Gasteiger charge is 2.12. The molecule has 0 bridgehead atoms. The van der Waals surface area contributed by atoms with Crippen LogP contribution in [0.5, 0.6) is 0 Å². The van der Waals surface area contributed by atoms with E-state index in [4.69, 9.17) is 23.8 Å². The Morgan fingerprint density at radius 3 is 2.74 bits per heavy atom. The number of nitrogens with zero attached hydrogens (tertiary/aromatic N) is 2. The lowest BCUT2D eigenvalue weighted by Gasteiger charge is -2.26. The van der Waals surface area contributed by atoms with E-state index in [9.17, 15) is 0 Å². The number of aromatic nitrogens is 2. The topological polar surface area (TPSA) is 24.0 Å². The van der Waals surface area contributed by atoms with Crippen LogP contribution in [0.2, 0.25) is 5.02 Å². The zero-order valence-electron chi connectivity index (χ0n) is 10.9. The molecule has 1 fully saturated rings. The monoisotopic (exact) mass is 295 g/mol. The van der Waals surface area contributed by atoms with E-state index >= 15 is 0 Å². The lowest BCUT2D eigenvalue weighted by Crippen LogP contribution is -2.32. The van der Waals surface area contributed by atoms with Crippen molar-refractivity contribution in [3.8, 4) is 0 Å². The van der Waals surface area contributed by atoms with Crippen molar-refractivity contribution in [1.29, 1.82) is 0 Å². The molecule has 0 radical (unpaired) electrons. The van der Waals surface area contributed by atoms with Gasteiger partial charge in [-0.05, 0) is 50.3 Å². The molecule has 0 saturated carbocycles. The number of piperidine rings is 1. The number of para-hydroxylation sites is 1. The molecular formula is C14H18ClN3S. The van der Waals surface area contributed by atoms with E-state index < -0.39 is 0 Å². The zero-order chi connectivity index (χ0) is 13.2. The summed E-state index contributed by atoms with van der Waals surface area (Å²) in [7, 11) is 0. The summed E-state index contributed by atoms with van der Waals surface area (Å²) < 4.78 is 2.89. The molecule has 0 atom stereocenters. The molecule has 3 nitrogen and oxygen atoms in total. The number of fused-ring (bicyclic) bond motifs is 1. The van der Waals surface area contributed by atoms with Gasteiger partial charge >= 0.3 is 0 Å². The second-order valence-corrected chi connectivity index (χ2v) is 5.91. The van der Waals surface area contributed by atoms with Gasteiger partial charge in [0.15, 0.2) is 4.77 Å². The maximum Gasteiger partial charge on any atom is 0.178 e. The number of H-pyrrole nitrogens is 1. The lowest BCUT2D eigenvalue weighted by atomic mass is 10.1. The van der Waals surface area contributed by atoms with Crippen molar-refractivity contribution < 1.29 is 0 Å². The van der Waals surface area contributed by atoms with E-state index in [2.05, 4.69) is 14.5 Å². The maximum absolute atomic E-state index is 6.30. The molecule has 2 aromatic rings. The lowest BCUT2D eigenvalue weighted by molar-refractivity contribution is 0.221. The van der Waals surface area contributed by atoms with Crippen molar-refractivity contribution in [2.75, 3.05) is 19.6 Å². The summed E-state index contributed by atoms with van der Waals surface area (Å²) in [5.41, 5.74) is 2.06. The van der Waals surface area contributed by atoms with Crippen molar-refractivity contribution in [3.63, 3.8) is 0 Å². The van der Waals surface area contributed by atoms with Gasteiger partial charge in [0.1, 0.15) is 0 Å². The first-order chi connectivity index (χ1) is 9.25. The van der Waals surface area contributed by atoms with Crippen molar-refractivity contribution in [2.45, 2.75) is 25.8 Å². The van der Waals surface area contributed by atoms with Crippen LogP contribution in [0.3, 0.4) is 0 Å². The molecular weight excluding hydrogens is 278 g/mol. The fraction of sp³-hybridized carbons (Fsp3) is 0.500. The molecule has 1 aromatic carbocycles. The number of likely N-dealkylation sites (tertiary alicyclic amines) is 1. The molecule has 1 N–H and O–H groups in total. The van der Waals surface area contributed by atoms with Gasteiger partial charge in [0.25, 0.3) is 0 Å². The third-order valence-corrected chi connectivity index (χ3v) is 4.46. The summed E-state index contributed by atoms with van der Waals surface area (Å²) in [6.07, 6.45) is 4.01. The number of hydrogen-bond donors (Lipinski definition) is 1. The fourth-order valence-electron chi connectivity index (χ4n) is 2.81. The second kappa shape index (κ2) is 5.65. The van der Waals surface area contributed by atoms with E-state index in [0.717, 1.165) is 33.9 Å². The van der Waals surface area contributed by atoms with Gasteiger partial charge in [0, 0.05) is 13.1 Å². The Bertz CT molecular complexity index is 625.